The molecule has 1 N–H and O–H groups in total. The van der Waals surface area contributed by atoms with Gasteiger partial charge in [0.25, 0.3) is 0 Å². The number of pyridine rings is 1. The molecule has 2 heterocycles. The van der Waals surface area contributed by atoms with E-state index in [1.54, 1.807) is 12.4 Å². The van der Waals surface area contributed by atoms with E-state index in [-0.39, 0.29) is 0 Å². The molecule has 1 aromatic heterocycles. The molecule has 0 aliphatic carbocycles. The van der Waals surface area contributed by atoms with E-state index < -0.39 is 0 Å². The summed E-state index contributed by atoms with van der Waals surface area (Å²) in [5.41, 5.74) is 5.05. The van der Waals surface area contributed by atoms with Crippen molar-refractivity contribution in [3.05, 3.63) is 29.6 Å². The van der Waals surface area contributed by atoms with Gasteiger partial charge < -0.3 is 5.43 Å². The van der Waals surface area contributed by atoms with Crippen LogP contribution in [0.4, 0.5) is 0 Å². The van der Waals surface area contributed by atoms with E-state index in [1.165, 1.54) is 5.56 Å². The smallest absolute Gasteiger partial charge is 0.0880 e. The molecule has 0 unspecified atom stereocenters. The summed E-state index contributed by atoms with van der Waals surface area (Å²) in [7, 11) is 0. The van der Waals surface area contributed by atoms with Gasteiger partial charge in [0.2, 0.25) is 0 Å². The molecule has 10 heavy (non-hydrogen) atoms. The maximum atomic E-state index is 4.13. The van der Waals surface area contributed by atoms with E-state index in [0.29, 0.717) is 0 Å². The van der Waals surface area contributed by atoms with Crippen molar-refractivity contribution in [2.45, 2.75) is 6.54 Å². The quantitative estimate of drug-likeness (QED) is 0.560. The maximum absolute atomic E-state index is 4.13. The second-order valence-electron chi connectivity index (χ2n) is 2.14. The van der Waals surface area contributed by atoms with Crippen LogP contribution in [0.1, 0.15) is 11.3 Å². The molecule has 1 aromatic rings. The van der Waals surface area contributed by atoms with E-state index in [1.807, 2.05) is 12.1 Å². The molecule has 2 rings (SSSR count). The van der Waals surface area contributed by atoms with Crippen molar-refractivity contribution in [2.75, 3.05) is 0 Å². The number of hydrazone groups is 1. The third-order valence-electron chi connectivity index (χ3n) is 1.47. The second kappa shape index (κ2) is 2.10. The largest absolute Gasteiger partial charge is 0.306 e. The Labute approximate surface area is 58.8 Å². The summed E-state index contributed by atoms with van der Waals surface area (Å²) in [5, 5.41) is 3.88. The fourth-order valence-electron chi connectivity index (χ4n) is 0.954. The first-order valence-corrected chi connectivity index (χ1v) is 3.16. The summed E-state index contributed by atoms with van der Waals surface area (Å²) in [6.45, 7) is 0.791. The van der Waals surface area contributed by atoms with Crippen LogP contribution in [-0.4, -0.2) is 11.2 Å². The lowest BCUT2D eigenvalue weighted by atomic mass is 10.2. The lowest BCUT2D eigenvalue weighted by Gasteiger charge is -2.08. The van der Waals surface area contributed by atoms with Gasteiger partial charge in [0, 0.05) is 11.8 Å². The molecule has 3 heteroatoms. The van der Waals surface area contributed by atoms with Crippen LogP contribution < -0.4 is 5.43 Å². The molecule has 0 radical (unpaired) electrons. The highest BCUT2D eigenvalue weighted by atomic mass is 15.3. The minimum Gasteiger partial charge on any atom is -0.306 e. The molecule has 0 amide bonds. The average Bonchev–Trinajstić information content (AvgIpc) is 2.05. The SMILES string of the molecule is C1=NNCc2cccnc21. The number of hydrogen-bond donors (Lipinski definition) is 1. The third-order valence-corrected chi connectivity index (χ3v) is 1.47. The van der Waals surface area contributed by atoms with Crippen LogP contribution in [0.15, 0.2) is 23.4 Å². The lowest BCUT2D eigenvalue weighted by Crippen LogP contribution is -2.13. The Balaban J connectivity index is 2.54. The van der Waals surface area contributed by atoms with Crippen LogP contribution in [0.2, 0.25) is 0 Å². The molecule has 0 bridgehead atoms. The molecule has 0 spiro atoms. The van der Waals surface area contributed by atoms with Crippen molar-refractivity contribution in [1.82, 2.24) is 10.4 Å². The first-order chi connectivity index (χ1) is 4.97. The van der Waals surface area contributed by atoms with E-state index in [0.717, 1.165) is 12.2 Å². The van der Waals surface area contributed by atoms with Crippen LogP contribution >= 0.6 is 0 Å². The molecule has 0 atom stereocenters. The van der Waals surface area contributed by atoms with Gasteiger partial charge in [-0.15, -0.1) is 0 Å². The normalized spacial score (nSPS) is 14.0. The van der Waals surface area contributed by atoms with Crippen LogP contribution in [0.25, 0.3) is 0 Å². The topological polar surface area (TPSA) is 37.3 Å². The molecule has 1 aliphatic heterocycles. The van der Waals surface area contributed by atoms with Crippen molar-refractivity contribution in [3.8, 4) is 0 Å². The standard InChI is InChI=1S/C7H7N3/c1-2-6-4-9-10-5-7(6)8-3-1/h1-3,5,9H,4H2. The Morgan fingerprint density at radius 2 is 2.50 bits per heavy atom. The minimum atomic E-state index is 0.791. The first kappa shape index (κ1) is 5.41. The number of nitrogens with zero attached hydrogens (tertiary/aromatic N) is 2. The van der Waals surface area contributed by atoms with Crippen molar-refractivity contribution in [1.29, 1.82) is 0 Å². The van der Waals surface area contributed by atoms with E-state index in [4.69, 9.17) is 0 Å². The highest BCUT2D eigenvalue weighted by Crippen LogP contribution is 2.04. The summed E-state index contributed by atoms with van der Waals surface area (Å²) in [4.78, 5) is 4.13. The molecule has 50 valence electrons. The van der Waals surface area contributed by atoms with E-state index in [2.05, 4.69) is 15.5 Å². The molecule has 0 aromatic carbocycles. The van der Waals surface area contributed by atoms with Gasteiger partial charge in [-0.3, -0.25) is 4.98 Å². The summed E-state index contributed by atoms with van der Waals surface area (Å²) < 4.78 is 0. The molecule has 3 nitrogen and oxygen atoms in total. The number of fused-ring (bicyclic) bond motifs is 1. The zero-order valence-corrected chi connectivity index (χ0v) is 5.41. The van der Waals surface area contributed by atoms with Gasteiger partial charge in [-0.2, -0.15) is 5.10 Å². The zero-order valence-electron chi connectivity index (χ0n) is 5.41. The fraction of sp³-hybridized carbons (Fsp3) is 0.143. The maximum Gasteiger partial charge on any atom is 0.0880 e. The number of nitrogens with one attached hydrogen (secondary N) is 1. The predicted octanol–water partition coefficient (Wildman–Crippen LogP) is 0.519. The van der Waals surface area contributed by atoms with Crippen molar-refractivity contribution >= 4 is 6.21 Å². The highest BCUT2D eigenvalue weighted by Gasteiger charge is 2.02. The van der Waals surface area contributed by atoms with Gasteiger partial charge in [0.15, 0.2) is 0 Å². The van der Waals surface area contributed by atoms with Crippen LogP contribution in [-0.2, 0) is 6.54 Å². The fourth-order valence-corrected chi connectivity index (χ4v) is 0.954. The molecule has 0 fully saturated rings. The Morgan fingerprint density at radius 1 is 1.50 bits per heavy atom. The van der Waals surface area contributed by atoms with Gasteiger partial charge >= 0.3 is 0 Å². The van der Waals surface area contributed by atoms with Gasteiger partial charge in [-0.05, 0) is 6.07 Å². The number of rotatable bonds is 0. The van der Waals surface area contributed by atoms with Gasteiger partial charge in [-0.1, -0.05) is 6.07 Å². The van der Waals surface area contributed by atoms with E-state index in [9.17, 15) is 0 Å². The number of aromatic nitrogens is 1. The summed E-state index contributed by atoms with van der Waals surface area (Å²) in [6, 6.07) is 3.97. The Morgan fingerprint density at radius 3 is 3.40 bits per heavy atom. The monoisotopic (exact) mass is 133 g/mol. The van der Waals surface area contributed by atoms with Crippen LogP contribution in [0.3, 0.4) is 0 Å². The Hall–Kier alpha value is -1.38. The zero-order chi connectivity index (χ0) is 6.81. The second-order valence-corrected chi connectivity index (χ2v) is 2.14. The van der Waals surface area contributed by atoms with Crippen LogP contribution in [0, 0.1) is 0 Å². The molecule has 1 aliphatic rings. The molecule has 0 saturated carbocycles. The Bertz CT molecular complexity index is 267. The predicted molar refractivity (Wildman–Crippen MR) is 38.7 cm³/mol. The molecular weight excluding hydrogens is 126 g/mol. The Kier molecular flexibility index (Phi) is 1.13. The van der Waals surface area contributed by atoms with Gasteiger partial charge in [0.1, 0.15) is 0 Å². The van der Waals surface area contributed by atoms with E-state index >= 15 is 0 Å². The van der Waals surface area contributed by atoms with Gasteiger partial charge in [-0.25, -0.2) is 0 Å². The van der Waals surface area contributed by atoms with Crippen molar-refractivity contribution in [3.63, 3.8) is 0 Å². The third kappa shape index (κ3) is 0.757. The van der Waals surface area contributed by atoms with Crippen LogP contribution in [0.5, 0.6) is 0 Å². The first-order valence-electron chi connectivity index (χ1n) is 3.16. The highest BCUT2D eigenvalue weighted by molar-refractivity contribution is 5.79. The van der Waals surface area contributed by atoms with Crippen molar-refractivity contribution in [2.24, 2.45) is 5.10 Å². The summed E-state index contributed by atoms with van der Waals surface area (Å²) in [6.07, 6.45) is 3.51. The molecule has 0 saturated heterocycles. The van der Waals surface area contributed by atoms with Crippen molar-refractivity contribution < 1.29 is 0 Å². The minimum absolute atomic E-state index is 0.791. The molecular formula is C7H7N3. The summed E-state index contributed by atoms with van der Waals surface area (Å²) in [5.74, 6) is 0. The number of hydrogen-bond acceptors (Lipinski definition) is 3. The summed E-state index contributed by atoms with van der Waals surface area (Å²) >= 11 is 0. The average molecular weight is 133 g/mol. The lowest BCUT2D eigenvalue weighted by molar-refractivity contribution is 0.729. The van der Waals surface area contributed by atoms with Gasteiger partial charge in [0.05, 0.1) is 18.5 Å².